The van der Waals surface area contributed by atoms with Gasteiger partial charge in [-0.1, -0.05) is 12.1 Å². The maximum Gasteiger partial charge on any atom is 0.417 e. The fraction of sp³-hybridized carbons (Fsp3) is 0.350. The molecule has 2 heterocycles. The molecular weight excluding hydrogens is 417 g/mol. The van der Waals surface area contributed by atoms with Crippen LogP contribution >= 0.6 is 0 Å². The quantitative estimate of drug-likeness (QED) is 0.610. The first-order valence-electron chi connectivity index (χ1n) is 9.16. The van der Waals surface area contributed by atoms with Crippen molar-refractivity contribution in [2.75, 3.05) is 20.8 Å². The SMILES string of the molecule is COc1cccc(CNC(=O)COc2cc(C(F)(F)F)c3c(C)nn(C)c3n2)c1OC. The van der Waals surface area contributed by atoms with E-state index in [0.717, 1.165) is 6.07 Å². The summed E-state index contributed by atoms with van der Waals surface area (Å²) >= 11 is 0. The number of halogens is 3. The van der Waals surface area contributed by atoms with Gasteiger partial charge >= 0.3 is 6.18 Å². The molecule has 1 N–H and O–H groups in total. The molecule has 0 saturated carbocycles. The Morgan fingerprint density at radius 3 is 2.61 bits per heavy atom. The lowest BCUT2D eigenvalue weighted by Gasteiger charge is -2.14. The molecular formula is C20H21F3N4O4. The molecule has 2 aromatic heterocycles. The Bertz CT molecular complexity index is 1110. The molecule has 11 heteroatoms. The van der Waals surface area contributed by atoms with E-state index in [-0.39, 0.29) is 29.2 Å². The second-order valence-corrected chi connectivity index (χ2v) is 6.63. The predicted molar refractivity (Wildman–Crippen MR) is 105 cm³/mol. The van der Waals surface area contributed by atoms with Crippen LogP contribution in [0, 0.1) is 6.92 Å². The number of rotatable bonds is 7. The summed E-state index contributed by atoms with van der Waals surface area (Å²) < 4.78 is 57.5. The standard InChI is InChI=1S/C20H21F3N4O4/c1-11-17-13(20(21,22)23)8-16(25-19(17)27(2)26-11)31-10-15(28)24-9-12-6-5-7-14(29-3)18(12)30-4/h5-8H,9-10H2,1-4H3,(H,24,28). The number of amides is 1. The van der Waals surface area contributed by atoms with Gasteiger partial charge in [0.25, 0.3) is 5.91 Å². The number of aryl methyl sites for hydroxylation is 2. The summed E-state index contributed by atoms with van der Waals surface area (Å²) in [6.07, 6.45) is -4.63. The van der Waals surface area contributed by atoms with Crippen molar-refractivity contribution in [2.45, 2.75) is 19.6 Å². The fourth-order valence-corrected chi connectivity index (χ4v) is 3.20. The molecule has 1 amide bonds. The number of nitrogens with one attached hydrogen (secondary N) is 1. The van der Waals surface area contributed by atoms with E-state index in [0.29, 0.717) is 17.1 Å². The highest BCUT2D eigenvalue weighted by atomic mass is 19.4. The van der Waals surface area contributed by atoms with Gasteiger partial charge in [-0.3, -0.25) is 9.48 Å². The maximum atomic E-state index is 13.5. The van der Waals surface area contributed by atoms with Crippen LogP contribution in [0.5, 0.6) is 17.4 Å². The maximum absolute atomic E-state index is 13.5. The number of carbonyl (C=O) groups excluding carboxylic acids is 1. The average Bonchev–Trinajstić information content (AvgIpc) is 3.02. The largest absolute Gasteiger partial charge is 0.493 e. The second-order valence-electron chi connectivity index (χ2n) is 6.63. The molecule has 0 fully saturated rings. The molecule has 8 nitrogen and oxygen atoms in total. The molecule has 166 valence electrons. The summed E-state index contributed by atoms with van der Waals surface area (Å²) in [5.74, 6) is 0.118. The Kier molecular flexibility index (Phi) is 6.23. The monoisotopic (exact) mass is 438 g/mol. The number of para-hydroxylation sites is 1. The van der Waals surface area contributed by atoms with Gasteiger partial charge in [0, 0.05) is 25.2 Å². The Hall–Kier alpha value is -3.50. The normalized spacial score (nSPS) is 11.5. The Balaban J connectivity index is 1.73. The molecule has 0 atom stereocenters. The van der Waals surface area contributed by atoms with Crippen LogP contribution in [0.4, 0.5) is 13.2 Å². The van der Waals surface area contributed by atoms with Crippen molar-refractivity contribution in [1.29, 1.82) is 0 Å². The third-order valence-electron chi connectivity index (χ3n) is 4.56. The van der Waals surface area contributed by atoms with Gasteiger partial charge in [-0.15, -0.1) is 0 Å². The van der Waals surface area contributed by atoms with Crippen LogP contribution in [0.15, 0.2) is 24.3 Å². The van der Waals surface area contributed by atoms with Crippen molar-refractivity contribution >= 4 is 16.9 Å². The first-order valence-corrected chi connectivity index (χ1v) is 9.16. The highest BCUT2D eigenvalue weighted by Gasteiger charge is 2.35. The van der Waals surface area contributed by atoms with Crippen LogP contribution < -0.4 is 19.5 Å². The van der Waals surface area contributed by atoms with E-state index in [2.05, 4.69) is 15.4 Å². The second kappa shape index (κ2) is 8.70. The van der Waals surface area contributed by atoms with Crippen molar-refractivity contribution in [3.8, 4) is 17.4 Å². The minimum Gasteiger partial charge on any atom is -0.493 e. The zero-order chi connectivity index (χ0) is 22.8. The number of pyridine rings is 1. The van der Waals surface area contributed by atoms with Crippen LogP contribution in [-0.2, 0) is 24.6 Å². The number of ether oxygens (including phenoxy) is 3. The van der Waals surface area contributed by atoms with Gasteiger partial charge in [-0.2, -0.15) is 23.3 Å². The van der Waals surface area contributed by atoms with E-state index in [1.807, 2.05) is 0 Å². The molecule has 0 saturated heterocycles. The van der Waals surface area contributed by atoms with Gasteiger partial charge in [0.1, 0.15) is 0 Å². The third-order valence-corrected chi connectivity index (χ3v) is 4.56. The Morgan fingerprint density at radius 2 is 1.97 bits per heavy atom. The lowest BCUT2D eigenvalue weighted by atomic mass is 10.1. The number of alkyl halides is 3. The van der Waals surface area contributed by atoms with Gasteiger partial charge in [0.15, 0.2) is 23.8 Å². The first-order chi connectivity index (χ1) is 14.7. The smallest absolute Gasteiger partial charge is 0.417 e. The van der Waals surface area contributed by atoms with E-state index >= 15 is 0 Å². The van der Waals surface area contributed by atoms with Crippen LogP contribution in [0.3, 0.4) is 0 Å². The number of hydrogen-bond acceptors (Lipinski definition) is 6. The lowest BCUT2D eigenvalue weighted by molar-refractivity contribution is -0.136. The minimum atomic E-state index is -4.63. The number of fused-ring (bicyclic) bond motifs is 1. The number of benzene rings is 1. The molecule has 0 aliphatic carbocycles. The number of nitrogens with zero attached hydrogens (tertiary/aromatic N) is 3. The summed E-state index contributed by atoms with van der Waals surface area (Å²) in [4.78, 5) is 16.3. The molecule has 3 rings (SSSR count). The first kappa shape index (κ1) is 22.2. The zero-order valence-electron chi connectivity index (χ0n) is 17.3. The fourth-order valence-electron chi connectivity index (χ4n) is 3.20. The van der Waals surface area contributed by atoms with E-state index in [1.54, 1.807) is 18.2 Å². The minimum absolute atomic E-state index is 0.0175. The van der Waals surface area contributed by atoms with E-state index in [9.17, 15) is 18.0 Å². The number of hydrogen-bond donors (Lipinski definition) is 1. The number of carbonyl (C=O) groups is 1. The number of aromatic nitrogens is 3. The summed E-state index contributed by atoms with van der Waals surface area (Å²) in [6, 6.07) is 5.98. The molecule has 3 aromatic rings. The zero-order valence-corrected chi connectivity index (χ0v) is 17.3. The van der Waals surface area contributed by atoms with Crippen molar-refractivity contribution < 1.29 is 32.2 Å². The lowest BCUT2D eigenvalue weighted by Crippen LogP contribution is -2.28. The molecule has 1 aromatic carbocycles. The molecule has 0 aliphatic rings. The highest BCUT2D eigenvalue weighted by molar-refractivity contribution is 5.83. The Morgan fingerprint density at radius 1 is 1.23 bits per heavy atom. The van der Waals surface area contributed by atoms with Crippen LogP contribution in [0.25, 0.3) is 11.0 Å². The van der Waals surface area contributed by atoms with E-state index in [4.69, 9.17) is 14.2 Å². The summed E-state index contributed by atoms with van der Waals surface area (Å²) in [7, 11) is 4.46. The summed E-state index contributed by atoms with van der Waals surface area (Å²) in [5.41, 5.74) is -0.0307. The van der Waals surface area contributed by atoms with Crippen LogP contribution in [0.1, 0.15) is 16.8 Å². The molecule has 0 spiro atoms. The molecule has 0 radical (unpaired) electrons. The number of methoxy groups -OCH3 is 2. The van der Waals surface area contributed by atoms with Crippen molar-refractivity contribution in [3.05, 3.63) is 41.1 Å². The highest BCUT2D eigenvalue weighted by Crippen LogP contribution is 2.37. The van der Waals surface area contributed by atoms with Gasteiger partial charge in [-0.05, 0) is 13.0 Å². The molecule has 0 bridgehead atoms. The van der Waals surface area contributed by atoms with Crippen molar-refractivity contribution in [3.63, 3.8) is 0 Å². The predicted octanol–water partition coefficient (Wildman–Crippen LogP) is 3.01. The topological polar surface area (TPSA) is 87.5 Å². The molecule has 31 heavy (non-hydrogen) atoms. The van der Waals surface area contributed by atoms with E-state index in [1.165, 1.54) is 32.9 Å². The third kappa shape index (κ3) is 4.65. The Labute approximate surface area is 175 Å². The van der Waals surface area contributed by atoms with Gasteiger partial charge < -0.3 is 19.5 Å². The summed E-state index contributed by atoms with van der Waals surface area (Å²) in [5, 5.41) is 6.52. The van der Waals surface area contributed by atoms with Crippen molar-refractivity contribution in [1.82, 2.24) is 20.1 Å². The van der Waals surface area contributed by atoms with Crippen LogP contribution in [0.2, 0.25) is 0 Å². The van der Waals surface area contributed by atoms with Crippen LogP contribution in [-0.4, -0.2) is 41.5 Å². The molecule has 0 aliphatic heterocycles. The summed E-state index contributed by atoms with van der Waals surface area (Å²) in [6.45, 7) is 1.07. The van der Waals surface area contributed by atoms with Crippen molar-refractivity contribution in [2.24, 2.45) is 7.05 Å². The van der Waals surface area contributed by atoms with Gasteiger partial charge in [0.05, 0.1) is 30.9 Å². The molecule has 0 unspecified atom stereocenters. The van der Waals surface area contributed by atoms with Gasteiger partial charge in [-0.25, -0.2) is 0 Å². The average molecular weight is 438 g/mol. The van der Waals surface area contributed by atoms with Gasteiger partial charge in [0.2, 0.25) is 5.88 Å². The van der Waals surface area contributed by atoms with E-state index < -0.39 is 24.3 Å².